The van der Waals surface area contributed by atoms with E-state index in [-0.39, 0.29) is 31.4 Å². The van der Waals surface area contributed by atoms with E-state index in [2.05, 4.69) is 0 Å². The van der Waals surface area contributed by atoms with Gasteiger partial charge < -0.3 is 14.5 Å². The molecule has 0 aliphatic carbocycles. The number of ether oxygens (including phenoxy) is 1. The van der Waals surface area contributed by atoms with Crippen molar-refractivity contribution in [3.8, 4) is 0 Å². The average molecular weight is 372 g/mol. The Balaban J connectivity index is 1.84. The normalized spacial score (nSPS) is 14.7. The first kappa shape index (κ1) is 19.6. The van der Waals surface area contributed by atoms with Gasteiger partial charge in [0.2, 0.25) is 11.8 Å². The third kappa shape index (κ3) is 5.66. The van der Waals surface area contributed by atoms with Crippen LogP contribution in [0.5, 0.6) is 0 Å². The van der Waals surface area contributed by atoms with Gasteiger partial charge in [-0.3, -0.25) is 14.5 Å². The zero-order valence-electron chi connectivity index (χ0n) is 14.5. The molecule has 0 unspecified atom stereocenters. The summed E-state index contributed by atoms with van der Waals surface area (Å²) >= 11 is 6.01. The van der Waals surface area contributed by atoms with E-state index in [0.717, 1.165) is 0 Å². The van der Waals surface area contributed by atoms with E-state index in [1.165, 1.54) is 17.0 Å². The van der Waals surface area contributed by atoms with Crippen LogP contribution < -0.4 is 0 Å². The Morgan fingerprint density at radius 1 is 1.24 bits per heavy atom. The molecule has 1 saturated heterocycles. The molecule has 138 valence electrons. The fourth-order valence-electron chi connectivity index (χ4n) is 2.56. The number of morpholine rings is 1. The number of hydrogen-bond acceptors (Lipinski definition) is 4. The fourth-order valence-corrected chi connectivity index (χ4v) is 2.79. The van der Waals surface area contributed by atoms with Crippen molar-refractivity contribution in [3.63, 3.8) is 0 Å². The Hall–Kier alpha value is -1.70. The van der Waals surface area contributed by atoms with Crippen LogP contribution in [0, 0.1) is 5.82 Å². The highest BCUT2D eigenvalue weighted by Gasteiger charge is 2.21. The molecule has 0 bridgehead atoms. The summed E-state index contributed by atoms with van der Waals surface area (Å²) in [5, 5.41) is 0.329. The van der Waals surface area contributed by atoms with Gasteiger partial charge in [-0.1, -0.05) is 17.7 Å². The van der Waals surface area contributed by atoms with Gasteiger partial charge in [0.05, 0.1) is 26.3 Å². The third-order valence-corrected chi connectivity index (χ3v) is 4.41. The standard InChI is InChI=1S/C17H23ClFN3O3/c1-20(10-13-14(18)4-3-5-15(13)19)11-16(23)21(2)12-17(24)22-6-8-25-9-7-22/h3-5H,6-12H2,1-2H3. The molecule has 1 aromatic carbocycles. The molecule has 0 aromatic heterocycles. The van der Waals surface area contributed by atoms with Gasteiger partial charge in [-0.05, 0) is 19.2 Å². The Kier molecular flexibility index (Phi) is 7.16. The monoisotopic (exact) mass is 371 g/mol. The minimum absolute atomic E-state index is 0.0210. The third-order valence-electron chi connectivity index (χ3n) is 4.06. The van der Waals surface area contributed by atoms with Crippen molar-refractivity contribution in [2.75, 3.05) is 53.5 Å². The van der Waals surface area contributed by atoms with E-state index < -0.39 is 5.82 Å². The topological polar surface area (TPSA) is 53.1 Å². The van der Waals surface area contributed by atoms with Gasteiger partial charge in [-0.2, -0.15) is 0 Å². The molecular formula is C17H23ClFN3O3. The second kappa shape index (κ2) is 9.12. The molecule has 1 heterocycles. The second-order valence-corrected chi connectivity index (χ2v) is 6.52. The molecule has 0 saturated carbocycles. The minimum Gasteiger partial charge on any atom is -0.378 e. The molecular weight excluding hydrogens is 349 g/mol. The van der Waals surface area contributed by atoms with Crippen LogP contribution in [0.4, 0.5) is 4.39 Å². The van der Waals surface area contributed by atoms with Gasteiger partial charge in [-0.15, -0.1) is 0 Å². The number of halogens is 2. The van der Waals surface area contributed by atoms with Crippen molar-refractivity contribution < 1.29 is 18.7 Å². The molecule has 0 atom stereocenters. The molecule has 0 spiro atoms. The van der Waals surface area contributed by atoms with E-state index in [1.54, 1.807) is 30.0 Å². The van der Waals surface area contributed by atoms with Gasteiger partial charge in [0.15, 0.2) is 0 Å². The lowest BCUT2D eigenvalue weighted by Gasteiger charge is -2.29. The zero-order chi connectivity index (χ0) is 18.4. The first-order chi connectivity index (χ1) is 11.9. The van der Waals surface area contributed by atoms with Crippen molar-refractivity contribution in [1.82, 2.24) is 14.7 Å². The highest BCUT2D eigenvalue weighted by Crippen LogP contribution is 2.20. The maximum Gasteiger partial charge on any atom is 0.242 e. The van der Waals surface area contributed by atoms with Crippen LogP contribution in [0.3, 0.4) is 0 Å². The second-order valence-electron chi connectivity index (χ2n) is 6.12. The summed E-state index contributed by atoms with van der Waals surface area (Å²) in [4.78, 5) is 29.2. The number of carbonyl (C=O) groups is 2. The van der Waals surface area contributed by atoms with Crippen molar-refractivity contribution in [3.05, 3.63) is 34.6 Å². The Morgan fingerprint density at radius 2 is 1.92 bits per heavy atom. The average Bonchev–Trinajstić information content (AvgIpc) is 2.59. The van der Waals surface area contributed by atoms with Crippen molar-refractivity contribution in [2.45, 2.75) is 6.54 Å². The lowest BCUT2D eigenvalue weighted by Crippen LogP contribution is -2.47. The van der Waals surface area contributed by atoms with E-state index in [0.29, 0.717) is 36.9 Å². The maximum absolute atomic E-state index is 13.8. The van der Waals surface area contributed by atoms with E-state index >= 15 is 0 Å². The van der Waals surface area contributed by atoms with Crippen LogP contribution in [-0.2, 0) is 20.9 Å². The van der Waals surface area contributed by atoms with Crippen molar-refractivity contribution in [2.24, 2.45) is 0 Å². The first-order valence-corrected chi connectivity index (χ1v) is 8.47. The van der Waals surface area contributed by atoms with Gasteiger partial charge in [-0.25, -0.2) is 4.39 Å². The van der Waals surface area contributed by atoms with Gasteiger partial charge in [0, 0.05) is 37.3 Å². The van der Waals surface area contributed by atoms with Gasteiger partial charge >= 0.3 is 0 Å². The Bertz CT molecular complexity index is 603. The van der Waals surface area contributed by atoms with Crippen LogP contribution >= 0.6 is 11.6 Å². The molecule has 0 N–H and O–H groups in total. The summed E-state index contributed by atoms with van der Waals surface area (Å²) in [5.74, 6) is -0.710. The lowest BCUT2D eigenvalue weighted by molar-refractivity contribution is -0.142. The van der Waals surface area contributed by atoms with E-state index in [4.69, 9.17) is 16.3 Å². The van der Waals surface area contributed by atoms with Crippen LogP contribution in [0.1, 0.15) is 5.56 Å². The van der Waals surface area contributed by atoms with Crippen LogP contribution in [0.15, 0.2) is 18.2 Å². The summed E-state index contributed by atoms with van der Waals surface area (Å²) in [7, 11) is 3.29. The molecule has 2 rings (SSSR count). The van der Waals surface area contributed by atoms with Crippen molar-refractivity contribution >= 4 is 23.4 Å². The molecule has 25 heavy (non-hydrogen) atoms. The smallest absolute Gasteiger partial charge is 0.242 e. The number of benzene rings is 1. The number of nitrogens with zero attached hydrogens (tertiary/aromatic N) is 3. The number of rotatable bonds is 6. The minimum atomic E-state index is -0.400. The van der Waals surface area contributed by atoms with Gasteiger partial charge in [0.1, 0.15) is 5.82 Å². The molecule has 6 nitrogen and oxygen atoms in total. The number of likely N-dealkylation sites (N-methyl/N-ethyl adjacent to an activating group) is 2. The van der Waals surface area contributed by atoms with E-state index in [1.807, 2.05) is 0 Å². The molecule has 1 aliphatic rings. The molecule has 1 fully saturated rings. The molecule has 0 radical (unpaired) electrons. The maximum atomic E-state index is 13.8. The Labute approximate surface area is 152 Å². The first-order valence-electron chi connectivity index (χ1n) is 8.09. The quantitative estimate of drug-likeness (QED) is 0.754. The van der Waals surface area contributed by atoms with Crippen LogP contribution in [0.25, 0.3) is 0 Å². The van der Waals surface area contributed by atoms with E-state index in [9.17, 15) is 14.0 Å². The molecule has 2 amide bonds. The molecule has 1 aliphatic heterocycles. The largest absolute Gasteiger partial charge is 0.378 e. The predicted molar refractivity (Wildman–Crippen MR) is 92.8 cm³/mol. The Morgan fingerprint density at radius 3 is 2.56 bits per heavy atom. The number of amides is 2. The lowest BCUT2D eigenvalue weighted by atomic mass is 10.2. The summed E-state index contributed by atoms with van der Waals surface area (Å²) in [6.07, 6.45) is 0. The zero-order valence-corrected chi connectivity index (χ0v) is 15.3. The summed E-state index contributed by atoms with van der Waals surface area (Å²) < 4.78 is 19.0. The number of hydrogen-bond donors (Lipinski definition) is 0. The highest BCUT2D eigenvalue weighted by atomic mass is 35.5. The summed E-state index contributed by atoms with van der Waals surface area (Å²) in [6, 6.07) is 4.49. The molecule has 8 heteroatoms. The highest BCUT2D eigenvalue weighted by molar-refractivity contribution is 6.31. The van der Waals surface area contributed by atoms with Crippen LogP contribution in [-0.4, -0.2) is 80.0 Å². The SMILES string of the molecule is CN(CC(=O)N(C)CC(=O)N1CCOCC1)Cc1c(F)cccc1Cl. The fraction of sp³-hybridized carbons (Fsp3) is 0.529. The van der Waals surface area contributed by atoms with Crippen molar-refractivity contribution in [1.29, 1.82) is 0 Å². The van der Waals surface area contributed by atoms with Gasteiger partial charge in [0.25, 0.3) is 0 Å². The number of carbonyl (C=O) groups excluding carboxylic acids is 2. The summed E-state index contributed by atoms with van der Waals surface area (Å²) in [5.41, 5.74) is 0.353. The summed E-state index contributed by atoms with van der Waals surface area (Å²) in [6.45, 7) is 2.44. The van der Waals surface area contributed by atoms with Crippen LogP contribution in [0.2, 0.25) is 5.02 Å². The molecule has 1 aromatic rings. The predicted octanol–water partition coefficient (Wildman–Crippen LogP) is 1.23.